The molecule has 1 aliphatic rings. The SMILES string of the molecule is COc1cc(-c2nc(C3(N)CCCC3)no2)nn1C.Cl. The number of nitrogens with zero attached hydrogens (tertiary/aromatic N) is 4. The largest absolute Gasteiger partial charge is 0.481 e. The highest BCUT2D eigenvalue weighted by Gasteiger charge is 2.36. The Morgan fingerprint density at radius 2 is 2.10 bits per heavy atom. The van der Waals surface area contributed by atoms with Crippen LogP contribution in [0.3, 0.4) is 0 Å². The molecule has 0 radical (unpaired) electrons. The van der Waals surface area contributed by atoms with Gasteiger partial charge >= 0.3 is 0 Å². The minimum atomic E-state index is -0.444. The number of nitrogens with two attached hydrogens (primary N) is 1. The highest BCUT2D eigenvalue weighted by atomic mass is 35.5. The number of ether oxygens (including phenoxy) is 1. The minimum absolute atomic E-state index is 0. The first-order valence-corrected chi connectivity index (χ1v) is 6.34. The summed E-state index contributed by atoms with van der Waals surface area (Å²) in [6, 6.07) is 1.76. The summed E-state index contributed by atoms with van der Waals surface area (Å²) in [5.74, 6) is 1.59. The van der Waals surface area contributed by atoms with Crippen molar-refractivity contribution in [2.45, 2.75) is 31.2 Å². The zero-order valence-corrected chi connectivity index (χ0v) is 12.3. The molecule has 0 aromatic carbocycles. The lowest BCUT2D eigenvalue weighted by Gasteiger charge is -2.17. The molecule has 0 bridgehead atoms. The van der Waals surface area contributed by atoms with Gasteiger partial charge in [0.2, 0.25) is 5.88 Å². The molecule has 1 fully saturated rings. The predicted octanol–water partition coefficient (Wildman–Crippen LogP) is 1.63. The van der Waals surface area contributed by atoms with Gasteiger partial charge < -0.3 is 15.0 Å². The van der Waals surface area contributed by atoms with Crippen LogP contribution in [0.4, 0.5) is 0 Å². The van der Waals surface area contributed by atoms with Crippen LogP contribution in [0, 0.1) is 0 Å². The van der Waals surface area contributed by atoms with Crippen LogP contribution in [0.1, 0.15) is 31.5 Å². The van der Waals surface area contributed by atoms with Crippen LogP contribution in [-0.4, -0.2) is 27.0 Å². The second-order valence-electron chi connectivity index (χ2n) is 4.98. The molecule has 3 rings (SSSR count). The van der Waals surface area contributed by atoms with E-state index in [1.165, 1.54) is 0 Å². The first-order chi connectivity index (χ1) is 9.12. The van der Waals surface area contributed by atoms with Crippen LogP contribution < -0.4 is 10.5 Å². The lowest BCUT2D eigenvalue weighted by atomic mass is 9.99. The molecule has 0 atom stereocenters. The van der Waals surface area contributed by atoms with Gasteiger partial charge in [0.15, 0.2) is 11.5 Å². The van der Waals surface area contributed by atoms with Crippen molar-refractivity contribution in [1.82, 2.24) is 19.9 Å². The Kier molecular flexibility index (Phi) is 4.01. The molecule has 0 aliphatic heterocycles. The van der Waals surface area contributed by atoms with Crippen molar-refractivity contribution in [1.29, 1.82) is 0 Å². The molecule has 20 heavy (non-hydrogen) atoms. The van der Waals surface area contributed by atoms with Crippen LogP contribution in [0.15, 0.2) is 10.6 Å². The number of hydrogen-bond acceptors (Lipinski definition) is 6. The summed E-state index contributed by atoms with van der Waals surface area (Å²) < 4.78 is 12.0. The van der Waals surface area contributed by atoms with Gasteiger partial charge in [0.05, 0.1) is 12.6 Å². The van der Waals surface area contributed by atoms with E-state index in [0.717, 1.165) is 25.7 Å². The third-order valence-corrected chi connectivity index (χ3v) is 3.63. The second kappa shape index (κ2) is 5.41. The molecule has 0 spiro atoms. The Hall–Kier alpha value is -1.60. The average Bonchev–Trinajstić information content (AvgIpc) is 3.07. The van der Waals surface area contributed by atoms with E-state index >= 15 is 0 Å². The Morgan fingerprint density at radius 1 is 1.40 bits per heavy atom. The lowest BCUT2D eigenvalue weighted by molar-refractivity contribution is 0.371. The highest BCUT2D eigenvalue weighted by molar-refractivity contribution is 5.85. The summed E-state index contributed by atoms with van der Waals surface area (Å²) in [4.78, 5) is 4.39. The topological polar surface area (TPSA) is 92.0 Å². The van der Waals surface area contributed by atoms with Gasteiger partial charge in [-0.05, 0) is 12.8 Å². The molecule has 8 heteroatoms. The molecule has 2 heterocycles. The summed E-state index contributed by atoms with van der Waals surface area (Å²) in [6.45, 7) is 0. The monoisotopic (exact) mass is 299 g/mol. The standard InChI is InChI=1S/C12H17N5O2.ClH/c1-17-9(18-2)7-8(15-17)10-14-11(16-19-10)12(13)5-3-4-6-12;/h7H,3-6,13H2,1-2H3;1H. The number of aromatic nitrogens is 4. The Labute approximate surface area is 122 Å². The molecule has 2 aromatic heterocycles. The maximum absolute atomic E-state index is 6.30. The van der Waals surface area contributed by atoms with E-state index in [9.17, 15) is 0 Å². The number of methoxy groups -OCH3 is 1. The van der Waals surface area contributed by atoms with Gasteiger partial charge in [-0.2, -0.15) is 10.1 Å². The van der Waals surface area contributed by atoms with Crippen LogP contribution in [-0.2, 0) is 12.6 Å². The van der Waals surface area contributed by atoms with Gasteiger partial charge in [0.25, 0.3) is 5.89 Å². The summed E-state index contributed by atoms with van der Waals surface area (Å²) >= 11 is 0. The molecule has 0 saturated heterocycles. The molecule has 7 nitrogen and oxygen atoms in total. The van der Waals surface area contributed by atoms with Crippen molar-refractivity contribution in [3.63, 3.8) is 0 Å². The zero-order chi connectivity index (χ0) is 13.5. The van der Waals surface area contributed by atoms with Crippen molar-refractivity contribution in [2.75, 3.05) is 7.11 Å². The van der Waals surface area contributed by atoms with Crippen molar-refractivity contribution in [3.05, 3.63) is 11.9 Å². The fourth-order valence-electron chi connectivity index (χ4n) is 2.50. The minimum Gasteiger partial charge on any atom is -0.481 e. The van der Waals surface area contributed by atoms with Crippen molar-refractivity contribution in [2.24, 2.45) is 12.8 Å². The van der Waals surface area contributed by atoms with Crippen molar-refractivity contribution >= 4 is 12.4 Å². The van der Waals surface area contributed by atoms with E-state index in [2.05, 4.69) is 15.2 Å². The van der Waals surface area contributed by atoms with E-state index in [0.29, 0.717) is 23.3 Å². The first kappa shape index (κ1) is 14.8. The van der Waals surface area contributed by atoms with E-state index in [1.54, 1.807) is 24.9 Å². The van der Waals surface area contributed by atoms with E-state index in [4.69, 9.17) is 15.0 Å². The molecular weight excluding hydrogens is 282 g/mol. The fourth-order valence-corrected chi connectivity index (χ4v) is 2.50. The molecule has 2 aromatic rings. The second-order valence-corrected chi connectivity index (χ2v) is 4.98. The third-order valence-electron chi connectivity index (χ3n) is 3.63. The van der Waals surface area contributed by atoms with Gasteiger partial charge in [-0.15, -0.1) is 12.4 Å². The van der Waals surface area contributed by atoms with Crippen LogP contribution in [0.2, 0.25) is 0 Å². The highest BCUT2D eigenvalue weighted by Crippen LogP contribution is 2.35. The maximum atomic E-state index is 6.30. The van der Waals surface area contributed by atoms with E-state index in [1.807, 2.05) is 0 Å². The maximum Gasteiger partial charge on any atom is 0.278 e. The fraction of sp³-hybridized carbons (Fsp3) is 0.583. The zero-order valence-electron chi connectivity index (χ0n) is 11.5. The molecule has 1 aliphatic carbocycles. The van der Waals surface area contributed by atoms with Crippen LogP contribution in [0.25, 0.3) is 11.6 Å². The van der Waals surface area contributed by atoms with Gasteiger partial charge in [0.1, 0.15) is 0 Å². The molecule has 110 valence electrons. The Balaban J connectivity index is 0.00000147. The summed E-state index contributed by atoms with van der Waals surface area (Å²) in [5, 5.41) is 8.28. The lowest BCUT2D eigenvalue weighted by Crippen LogP contribution is -2.34. The molecular formula is C12H18ClN5O2. The number of hydrogen-bond donors (Lipinski definition) is 1. The van der Waals surface area contributed by atoms with Gasteiger partial charge in [-0.25, -0.2) is 4.68 Å². The smallest absolute Gasteiger partial charge is 0.278 e. The normalized spacial score (nSPS) is 16.9. The van der Waals surface area contributed by atoms with Crippen LogP contribution in [0.5, 0.6) is 5.88 Å². The average molecular weight is 300 g/mol. The first-order valence-electron chi connectivity index (χ1n) is 6.34. The number of halogens is 1. The Morgan fingerprint density at radius 3 is 2.70 bits per heavy atom. The number of aryl methyl sites for hydroxylation is 1. The van der Waals surface area contributed by atoms with Crippen molar-refractivity contribution in [3.8, 4) is 17.5 Å². The Bertz CT molecular complexity index is 588. The predicted molar refractivity (Wildman–Crippen MR) is 74.6 cm³/mol. The van der Waals surface area contributed by atoms with Crippen molar-refractivity contribution < 1.29 is 9.26 Å². The third kappa shape index (κ3) is 2.38. The quantitative estimate of drug-likeness (QED) is 0.926. The number of rotatable bonds is 3. The summed E-state index contributed by atoms with van der Waals surface area (Å²) in [7, 11) is 3.38. The molecule has 1 saturated carbocycles. The van der Waals surface area contributed by atoms with Crippen LogP contribution >= 0.6 is 12.4 Å². The summed E-state index contributed by atoms with van der Waals surface area (Å²) in [5.41, 5.74) is 6.45. The van der Waals surface area contributed by atoms with E-state index < -0.39 is 5.54 Å². The van der Waals surface area contributed by atoms with Gasteiger partial charge in [-0.3, -0.25) is 0 Å². The van der Waals surface area contributed by atoms with Gasteiger partial charge in [0, 0.05) is 13.1 Å². The summed E-state index contributed by atoms with van der Waals surface area (Å²) in [6.07, 6.45) is 4.02. The molecule has 2 N–H and O–H groups in total. The molecule has 0 unspecified atom stereocenters. The van der Waals surface area contributed by atoms with E-state index in [-0.39, 0.29) is 12.4 Å². The van der Waals surface area contributed by atoms with Gasteiger partial charge in [-0.1, -0.05) is 18.0 Å². The molecule has 0 amide bonds.